The van der Waals surface area contributed by atoms with Crippen LogP contribution in [0.2, 0.25) is 5.02 Å². The van der Waals surface area contributed by atoms with Crippen LogP contribution in [0.15, 0.2) is 23.1 Å². The molecule has 0 saturated heterocycles. The van der Waals surface area contributed by atoms with Gasteiger partial charge in [-0.25, -0.2) is 12.7 Å². The molecule has 0 radical (unpaired) electrons. The lowest BCUT2D eigenvalue weighted by atomic mass is 10.2. The van der Waals surface area contributed by atoms with E-state index in [1.54, 1.807) is 6.92 Å². The van der Waals surface area contributed by atoms with Crippen molar-refractivity contribution in [2.75, 3.05) is 27.8 Å². The van der Waals surface area contributed by atoms with Crippen molar-refractivity contribution in [3.63, 3.8) is 0 Å². The van der Waals surface area contributed by atoms with Crippen LogP contribution in [0.5, 0.6) is 0 Å². The zero-order chi connectivity index (χ0) is 16.2. The van der Waals surface area contributed by atoms with E-state index in [0.29, 0.717) is 6.61 Å². The second-order valence-electron chi connectivity index (χ2n) is 4.76. The quantitative estimate of drug-likeness (QED) is 0.852. The summed E-state index contributed by atoms with van der Waals surface area (Å²) < 4.78 is 30.2. The second-order valence-corrected chi connectivity index (χ2v) is 7.32. The molecule has 6 nitrogen and oxygen atoms in total. The topological polar surface area (TPSA) is 75.7 Å². The number of nitrogens with one attached hydrogen (secondary N) is 1. The third-order valence-electron chi connectivity index (χ3n) is 2.76. The molecule has 1 aromatic carbocycles. The number of halogens is 1. The van der Waals surface area contributed by atoms with Gasteiger partial charge in [0, 0.05) is 27.2 Å². The average Bonchev–Trinajstić information content (AvgIpc) is 2.38. The fourth-order valence-electron chi connectivity index (χ4n) is 1.64. The number of methoxy groups -OCH3 is 1. The van der Waals surface area contributed by atoms with Crippen molar-refractivity contribution in [3.8, 4) is 0 Å². The van der Waals surface area contributed by atoms with Crippen molar-refractivity contribution >= 4 is 27.5 Å². The van der Waals surface area contributed by atoms with Crippen LogP contribution < -0.4 is 5.32 Å². The Balaban J connectivity index is 3.11. The van der Waals surface area contributed by atoms with Gasteiger partial charge in [-0.1, -0.05) is 11.6 Å². The number of hydrogen-bond acceptors (Lipinski definition) is 4. The van der Waals surface area contributed by atoms with Gasteiger partial charge < -0.3 is 10.1 Å². The van der Waals surface area contributed by atoms with E-state index in [9.17, 15) is 13.2 Å². The van der Waals surface area contributed by atoms with Gasteiger partial charge in [0.05, 0.1) is 22.1 Å². The molecule has 0 fully saturated rings. The van der Waals surface area contributed by atoms with Crippen molar-refractivity contribution in [1.82, 2.24) is 9.62 Å². The summed E-state index contributed by atoms with van der Waals surface area (Å²) >= 11 is 5.98. The fourth-order valence-corrected chi connectivity index (χ4v) is 2.77. The van der Waals surface area contributed by atoms with Crippen molar-refractivity contribution in [1.29, 1.82) is 0 Å². The third kappa shape index (κ3) is 4.41. The van der Waals surface area contributed by atoms with E-state index < -0.39 is 15.9 Å². The zero-order valence-electron chi connectivity index (χ0n) is 12.4. The first kappa shape index (κ1) is 17.9. The highest BCUT2D eigenvalue weighted by molar-refractivity contribution is 7.89. The maximum absolute atomic E-state index is 12.1. The van der Waals surface area contributed by atoms with E-state index in [1.807, 2.05) is 0 Å². The van der Waals surface area contributed by atoms with Crippen LogP contribution in [0.25, 0.3) is 0 Å². The summed E-state index contributed by atoms with van der Waals surface area (Å²) in [5.74, 6) is -0.444. The highest BCUT2D eigenvalue weighted by Crippen LogP contribution is 2.22. The van der Waals surface area contributed by atoms with Crippen molar-refractivity contribution in [3.05, 3.63) is 28.8 Å². The lowest BCUT2D eigenvalue weighted by molar-refractivity contribution is 0.0905. The maximum Gasteiger partial charge on any atom is 0.253 e. The van der Waals surface area contributed by atoms with E-state index in [4.69, 9.17) is 16.3 Å². The molecule has 0 heterocycles. The highest BCUT2D eigenvalue weighted by Gasteiger charge is 2.21. The molecule has 8 heteroatoms. The molecule has 0 saturated carbocycles. The molecule has 0 aromatic heterocycles. The first-order valence-electron chi connectivity index (χ1n) is 6.22. The van der Waals surface area contributed by atoms with Gasteiger partial charge in [0.25, 0.3) is 5.91 Å². The van der Waals surface area contributed by atoms with E-state index >= 15 is 0 Å². The molecule has 1 rings (SSSR count). The number of carbonyl (C=O) groups is 1. The summed E-state index contributed by atoms with van der Waals surface area (Å²) in [4.78, 5) is 12.2. The molecule has 1 atom stereocenters. The van der Waals surface area contributed by atoms with E-state index in [2.05, 4.69) is 5.32 Å². The van der Waals surface area contributed by atoms with Crippen LogP contribution >= 0.6 is 11.6 Å². The van der Waals surface area contributed by atoms with Crippen molar-refractivity contribution < 1.29 is 17.9 Å². The minimum Gasteiger partial charge on any atom is -0.383 e. The summed E-state index contributed by atoms with van der Waals surface area (Å²) in [5.41, 5.74) is 0.113. The largest absolute Gasteiger partial charge is 0.383 e. The Morgan fingerprint density at radius 2 is 2.05 bits per heavy atom. The predicted octanol–water partition coefficient (Wildman–Crippen LogP) is 1.36. The molecule has 0 aliphatic rings. The molecule has 1 amide bonds. The third-order valence-corrected chi connectivity index (χ3v) is 4.90. The fraction of sp³-hybridized carbons (Fsp3) is 0.462. The Labute approximate surface area is 130 Å². The molecule has 0 spiro atoms. The van der Waals surface area contributed by atoms with Gasteiger partial charge in [0.2, 0.25) is 10.0 Å². The number of rotatable bonds is 6. The monoisotopic (exact) mass is 334 g/mol. The summed E-state index contributed by atoms with van der Waals surface area (Å²) in [6, 6.07) is 3.82. The van der Waals surface area contributed by atoms with Crippen molar-refractivity contribution in [2.24, 2.45) is 0 Å². The van der Waals surface area contributed by atoms with E-state index in [-0.39, 0.29) is 21.5 Å². The number of carbonyl (C=O) groups excluding carboxylic acids is 1. The van der Waals surface area contributed by atoms with Crippen LogP contribution in [0.3, 0.4) is 0 Å². The van der Waals surface area contributed by atoms with Crippen LogP contribution in [-0.2, 0) is 14.8 Å². The Morgan fingerprint density at radius 3 is 2.57 bits per heavy atom. The molecule has 1 N–H and O–H groups in total. The Morgan fingerprint density at radius 1 is 1.43 bits per heavy atom. The molecular weight excluding hydrogens is 316 g/mol. The number of ether oxygens (including phenoxy) is 1. The lowest BCUT2D eigenvalue weighted by Crippen LogP contribution is -2.35. The number of sulfonamides is 1. The minimum atomic E-state index is -3.62. The zero-order valence-corrected chi connectivity index (χ0v) is 14.0. The first-order chi connectivity index (χ1) is 9.70. The number of nitrogens with zero attached hydrogens (tertiary/aromatic N) is 1. The van der Waals surface area contributed by atoms with E-state index in [1.165, 1.54) is 39.4 Å². The molecule has 1 unspecified atom stereocenters. The Kier molecular flexibility index (Phi) is 6.15. The molecular formula is C13H19ClN2O4S. The van der Waals surface area contributed by atoms with Gasteiger partial charge in [-0.05, 0) is 25.1 Å². The molecule has 0 bridgehead atoms. The number of hydrogen-bond donors (Lipinski definition) is 1. The van der Waals surface area contributed by atoms with Gasteiger partial charge in [0.1, 0.15) is 0 Å². The molecule has 1 aromatic rings. The molecule has 118 valence electrons. The van der Waals surface area contributed by atoms with E-state index in [0.717, 1.165) is 4.31 Å². The minimum absolute atomic E-state index is 0.0152. The molecule has 21 heavy (non-hydrogen) atoms. The van der Waals surface area contributed by atoms with Crippen molar-refractivity contribution in [2.45, 2.75) is 17.9 Å². The number of amides is 1. The SMILES string of the molecule is COCC(C)NC(=O)c1cc(S(=O)(=O)N(C)C)ccc1Cl. The average molecular weight is 335 g/mol. The second kappa shape index (κ2) is 7.22. The van der Waals surface area contributed by atoms with Gasteiger partial charge in [-0.15, -0.1) is 0 Å². The summed E-state index contributed by atoms with van der Waals surface area (Å²) in [6.07, 6.45) is 0. The van der Waals surface area contributed by atoms with Gasteiger partial charge in [0.15, 0.2) is 0 Å². The predicted molar refractivity (Wildman–Crippen MR) is 81.1 cm³/mol. The molecule has 0 aliphatic heterocycles. The van der Waals surface area contributed by atoms with Crippen LogP contribution in [-0.4, -0.2) is 52.5 Å². The summed E-state index contributed by atoms with van der Waals surface area (Å²) in [5, 5.41) is 2.88. The highest BCUT2D eigenvalue weighted by atomic mass is 35.5. The number of benzene rings is 1. The van der Waals surface area contributed by atoms with Crippen LogP contribution in [0.1, 0.15) is 17.3 Å². The normalized spacial score (nSPS) is 13.2. The Bertz CT molecular complexity index is 617. The van der Waals surface area contributed by atoms with Gasteiger partial charge >= 0.3 is 0 Å². The maximum atomic E-state index is 12.1. The van der Waals surface area contributed by atoms with Crippen LogP contribution in [0, 0.1) is 0 Å². The van der Waals surface area contributed by atoms with Crippen LogP contribution in [0.4, 0.5) is 0 Å². The summed E-state index contributed by atoms with van der Waals surface area (Å²) in [6.45, 7) is 2.12. The lowest BCUT2D eigenvalue weighted by Gasteiger charge is -2.15. The summed E-state index contributed by atoms with van der Waals surface area (Å²) in [7, 11) is 0.751. The standard InChI is InChI=1S/C13H19ClN2O4S/c1-9(8-20-4)15-13(17)11-7-10(5-6-12(11)14)21(18,19)16(2)3/h5-7,9H,8H2,1-4H3,(H,15,17). The smallest absolute Gasteiger partial charge is 0.253 e. The Hall–Kier alpha value is -1.15. The van der Waals surface area contributed by atoms with Gasteiger partial charge in [-0.3, -0.25) is 4.79 Å². The van der Waals surface area contributed by atoms with Gasteiger partial charge in [-0.2, -0.15) is 0 Å². The molecule has 0 aliphatic carbocycles. The first-order valence-corrected chi connectivity index (χ1v) is 8.03.